The molecule has 0 unspecified atom stereocenters. The summed E-state index contributed by atoms with van der Waals surface area (Å²) in [5.41, 5.74) is 3.27. The molecule has 4 aromatic rings. The molecule has 0 fully saturated rings. The fourth-order valence-corrected chi connectivity index (χ4v) is 3.29. The second-order valence-corrected chi connectivity index (χ2v) is 6.49. The van der Waals surface area contributed by atoms with Gasteiger partial charge >= 0.3 is 0 Å². The summed E-state index contributed by atoms with van der Waals surface area (Å²) >= 11 is 0. The van der Waals surface area contributed by atoms with Gasteiger partial charge in [-0.1, -0.05) is 31.5 Å². The van der Waals surface area contributed by atoms with E-state index in [1.165, 1.54) is 0 Å². The second-order valence-electron chi connectivity index (χ2n) is 6.49. The highest BCUT2D eigenvalue weighted by Crippen LogP contribution is 2.27. The maximum absolute atomic E-state index is 12.8. The molecule has 7 heteroatoms. The Bertz CT molecular complexity index is 1160. The molecule has 7 nitrogen and oxygen atoms in total. The van der Waals surface area contributed by atoms with E-state index >= 15 is 0 Å². The lowest BCUT2D eigenvalue weighted by Crippen LogP contribution is -2.10. The Balaban J connectivity index is 1.89. The number of para-hydroxylation sites is 1. The van der Waals surface area contributed by atoms with Crippen molar-refractivity contribution < 1.29 is 4.74 Å². The number of ether oxygens (including phenoxy) is 1. The van der Waals surface area contributed by atoms with Gasteiger partial charge in [0.1, 0.15) is 17.1 Å². The molecule has 3 heterocycles. The number of nitrogens with zero attached hydrogens (tertiary/aromatic N) is 4. The van der Waals surface area contributed by atoms with Crippen molar-refractivity contribution in [2.24, 2.45) is 0 Å². The molecule has 0 aliphatic heterocycles. The second kappa shape index (κ2) is 7.64. The molecule has 3 aromatic heterocycles. The van der Waals surface area contributed by atoms with Crippen LogP contribution >= 0.6 is 0 Å². The number of methoxy groups -OCH3 is 1. The van der Waals surface area contributed by atoms with Crippen LogP contribution in [0.3, 0.4) is 0 Å². The quantitative estimate of drug-likeness (QED) is 0.559. The molecule has 0 radical (unpaired) electrons. The first-order valence-corrected chi connectivity index (χ1v) is 9.24. The number of nitrogens with one attached hydrogen (secondary N) is 1. The predicted octanol–water partition coefficient (Wildman–Crippen LogP) is 3.19. The lowest BCUT2D eigenvalue weighted by atomic mass is 10.1. The molecule has 0 saturated heterocycles. The summed E-state index contributed by atoms with van der Waals surface area (Å²) in [6.07, 6.45) is 3.44. The first-order chi connectivity index (χ1) is 13.7. The first-order valence-electron chi connectivity index (χ1n) is 9.24. The van der Waals surface area contributed by atoms with Crippen molar-refractivity contribution in [1.82, 2.24) is 24.7 Å². The Morgan fingerprint density at radius 3 is 2.68 bits per heavy atom. The van der Waals surface area contributed by atoms with Crippen LogP contribution in [0.25, 0.3) is 22.4 Å². The summed E-state index contributed by atoms with van der Waals surface area (Å²) in [6, 6.07) is 13.3. The lowest BCUT2D eigenvalue weighted by molar-refractivity contribution is 0.416. The van der Waals surface area contributed by atoms with E-state index in [2.05, 4.69) is 22.0 Å². The normalized spacial score (nSPS) is 11.1. The smallest absolute Gasteiger partial charge is 0.279 e. The number of hydrogen-bond donors (Lipinski definition) is 1. The van der Waals surface area contributed by atoms with E-state index in [9.17, 15) is 4.79 Å². The zero-order valence-electron chi connectivity index (χ0n) is 15.8. The minimum Gasteiger partial charge on any atom is -0.496 e. The van der Waals surface area contributed by atoms with Crippen molar-refractivity contribution in [1.29, 1.82) is 0 Å². The van der Waals surface area contributed by atoms with Gasteiger partial charge in [0.25, 0.3) is 5.56 Å². The van der Waals surface area contributed by atoms with E-state index in [4.69, 9.17) is 9.72 Å². The number of H-pyrrole nitrogens is 1. The van der Waals surface area contributed by atoms with Gasteiger partial charge in [0.15, 0.2) is 5.52 Å². The highest BCUT2D eigenvalue weighted by molar-refractivity contribution is 5.79. The summed E-state index contributed by atoms with van der Waals surface area (Å²) < 4.78 is 7.26. The van der Waals surface area contributed by atoms with E-state index in [0.29, 0.717) is 29.2 Å². The molecule has 0 amide bonds. The van der Waals surface area contributed by atoms with E-state index in [-0.39, 0.29) is 5.56 Å². The molecule has 0 atom stereocenters. The largest absolute Gasteiger partial charge is 0.496 e. The van der Waals surface area contributed by atoms with E-state index in [0.717, 1.165) is 29.8 Å². The van der Waals surface area contributed by atoms with E-state index in [1.54, 1.807) is 13.3 Å². The van der Waals surface area contributed by atoms with E-state index < -0.39 is 0 Å². The highest BCUT2D eigenvalue weighted by atomic mass is 16.5. The highest BCUT2D eigenvalue weighted by Gasteiger charge is 2.18. The Morgan fingerprint density at radius 1 is 1.11 bits per heavy atom. The monoisotopic (exact) mass is 375 g/mol. The van der Waals surface area contributed by atoms with Gasteiger partial charge in [-0.2, -0.15) is 5.10 Å². The van der Waals surface area contributed by atoms with Crippen molar-refractivity contribution in [2.45, 2.75) is 26.3 Å². The van der Waals surface area contributed by atoms with Crippen molar-refractivity contribution in [2.75, 3.05) is 7.11 Å². The van der Waals surface area contributed by atoms with Gasteiger partial charge in [0.2, 0.25) is 0 Å². The predicted molar refractivity (Wildman–Crippen MR) is 107 cm³/mol. The molecule has 28 heavy (non-hydrogen) atoms. The first kappa shape index (κ1) is 17.9. The average Bonchev–Trinajstić information content (AvgIpc) is 3.07. The van der Waals surface area contributed by atoms with Crippen LogP contribution in [0.4, 0.5) is 0 Å². The molecular weight excluding hydrogens is 354 g/mol. The molecule has 0 spiro atoms. The average molecular weight is 375 g/mol. The van der Waals surface area contributed by atoms with Crippen LogP contribution in [0.5, 0.6) is 5.75 Å². The zero-order valence-corrected chi connectivity index (χ0v) is 15.8. The number of rotatable bonds is 6. The fourth-order valence-electron chi connectivity index (χ4n) is 3.29. The number of aromatic nitrogens is 5. The third kappa shape index (κ3) is 3.26. The molecule has 142 valence electrons. The number of aryl methyl sites for hydroxylation is 1. The van der Waals surface area contributed by atoms with Gasteiger partial charge in [-0.3, -0.25) is 14.5 Å². The van der Waals surface area contributed by atoms with Crippen LogP contribution < -0.4 is 10.3 Å². The maximum atomic E-state index is 12.8. The number of pyridine rings is 1. The fraction of sp³-hybridized carbons (Fsp3) is 0.238. The molecule has 0 bridgehead atoms. The Labute approximate surface area is 162 Å². The standard InChI is InChI=1S/C21H21N5O2/c1-3-8-16-18-19(25-26(16)13-14-9-6-7-12-22-14)21(27)24-20(23-18)15-10-4-5-11-17(15)28-2/h4-7,9-12H,3,8,13H2,1-2H3,(H,23,24,27). The molecule has 1 aromatic carbocycles. The van der Waals surface area contributed by atoms with Crippen LogP contribution in [0.2, 0.25) is 0 Å². The molecule has 0 aliphatic rings. The summed E-state index contributed by atoms with van der Waals surface area (Å²) in [4.78, 5) is 24.7. The third-order valence-corrected chi connectivity index (χ3v) is 4.59. The number of hydrogen-bond acceptors (Lipinski definition) is 5. The minimum absolute atomic E-state index is 0.261. The van der Waals surface area contributed by atoms with Crippen LogP contribution in [0, 0.1) is 0 Å². The van der Waals surface area contributed by atoms with Crippen LogP contribution in [0.1, 0.15) is 24.7 Å². The molecule has 1 N–H and O–H groups in total. The van der Waals surface area contributed by atoms with Crippen LogP contribution in [-0.4, -0.2) is 31.8 Å². The SMILES string of the molecule is CCCc1c2nc(-c3ccccc3OC)[nH]c(=O)c2nn1Cc1ccccn1. The Hall–Kier alpha value is -3.48. The van der Waals surface area contributed by atoms with Crippen molar-refractivity contribution in [3.8, 4) is 17.1 Å². The topological polar surface area (TPSA) is 85.7 Å². The molecule has 4 rings (SSSR count). The zero-order chi connectivity index (χ0) is 19.5. The van der Waals surface area contributed by atoms with Gasteiger partial charge < -0.3 is 9.72 Å². The van der Waals surface area contributed by atoms with Gasteiger partial charge in [0, 0.05) is 6.20 Å². The molecule has 0 aliphatic carbocycles. The third-order valence-electron chi connectivity index (χ3n) is 4.59. The number of fused-ring (bicyclic) bond motifs is 1. The van der Waals surface area contributed by atoms with Crippen molar-refractivity contribution >= 4 is 11.0 Å². The Morgan fingerprint density at radius 2 is 1.93 bits per heavy atom. The molecule has 0 saturated carbocycles. The van der Waals surface area contributed by atoms with E-state index in [1.807, 2.05) is 47.1 Å². The van der Waals surface area contributed by atoms with Crippen LogP contribution in [0.15, 0.2) is 53.5 Å². The number of aromatic amines is 1. The Kier molecular flexibility index (Phi) is 4.89. The van der Waals surface area contributed by atoms with Crippen molar-refractivity contribution in [3.63, 3.8) is 0 Å². The maximum Gasteiger partial charge on any atom is 0.279 e. The summed E-state index contributed by atoms with van der Waals surface area (Å²) in [5.74, 6) is 1.13. The molecular formula is C21H21N5O2. The van der Waals surface area contributed by atoms with Crippen molar-refractivity contribution in [3.05, 3.63) is 70.4 Å². The van der Waals surface area contributed by atoms with Crippen LogP contribution in [-0.2, 0) is 13.0 Å². The van der Waals surface area contributed by atoms with Gasteiger partial charge in [-0.05, 0) is 30.7 Å². The summed E-state index contributed by atoms with van der Waals surface area (Å²) in [5, 5.41) is 4.54. The summed E-state index contributed by atoms with van der Waals surface area (Å²) in [7, 11) is 1.60. The van der Waals surface area contributed by atoms with Gasteiger partial charge in [-0.25, -0.2) is 4.98 Å². The van der Waals surface area contributed by atoms with Gasteiger partial charge in [0.05, 0.1) is 30.6 Å². The summed E-state index contributed by atoms with van der Waals surface area (Å²) in [6.45, 7) is 2.59. The number of benzene rings is 1. The lowest BCUT2D eigenvalue weighted by Gasteiger charge is -2.08. The minimum atomic E-state index is -0.261. The van der Waals surface area contributed by atoms with Gasteiger partial charge in [-0.15, -0.1) is 0 Å².